The van der Waals surface area contributed by atoms with Crippen molar-refractivity contribution in [2.75, 3.05) is 0 Å². The second-order valence-corrected chi connectivity index (χ2v) is 36.9. The topological polar surface area (TPSA) is 80.5 Å². The third-order valence-corrected chi connectivity index (χ3v) is 29.2. The Bertz CT molecular complexity index is 10100. The molecule has 0 unspecified atom stereocenters. The molecule has 21 aromatic carbocycles. The van der Waals surface area contributed by atoms with Crippen molar-refractivity contribution in [1.82, 2.24) is 13.7 Å². The van der Waals surface area contributed by atoms with Crippen LogP contribution in [-0.4, -0.2) is 13.7 Å². The Morgan fingerprint density at radius 2 is 0.496 bits per heavy atom. The van der Waals surface area contributed by atoms with Gasteiger partial charge in [-0.25, -0.2) is 0 Å². The van der Waals surface area contributed by atoms with Crippen LogP contribution < -0.4 is 0 Å². The van der Waals surface area contributed by atoms with Gasteiger partial charge in [0.05, 0.1) is 26.8 Å². The van der Waals surface area contributed by atoms with E-state index in [-0.39, 0.29) is 0 Å². The SMILES string of the molecule is c1ccc(-c2ccc3c(c2)oc2cc(-c4cccc(-c5cccc6c5oc5c7ccccc7n(-c7ccccc7)c65)c4)ccc23)cc1.c1ccc(-c2cccc3c2oc2c(-c4cccc(-c5cccc6c5oc5c7ccccc7n(-c7ccccc7)c65)c4)cccc23)cc1.c1ccc(-n2c3ccccc3c3sc4cccc(-c5ccc(-c6ccc7c(c6)oc6ccc8ccccc8c67)cc5)c4c32)cc1. The van der Waals surface area contributed by atoms with E-state index in [0.29, 0.717) is 0 Å². The fourth-order valence-corrected chi connectivity index (χ4v) is 22.9. The summed E-state index contributed by atoms with van der Waals surface area (Å²) in [4.78, 5) is 0. The first kappa shape index (κ1) is 79.3. The van der Waals surface area contributed by atoms with Gasteiger partial charge in [0.1, 0.15) is 55.7 Å². The van der Waals surface area contributed by atoms with Gasteiger partial charge in [0.2, 0.25) is 0 Å². The highest BCUT2D eigenvalue weighted by Gasteiger charge is 2.27. The predicted octanol–water partition coefficient (Wildman–Crippen LogP) is 37.2. The number of fused-ring (bicyclic) bond motifs is 26. The van der Waals surface area contributed by atoms with Crippen LogP contribution in [-0.2, 0) is 0 Å². The Morgan fingerprint density at radius 1 is 0.165 bits per heavy atom. The van der Waals surface area contributed by atoms with E-state index in [4.69, 9.17) is 22.1 Å². The molecule has 650 valence electrons. The Morgan fingerprint density at radius 3 is 1.04 bits per heavy atom. The molecule has 0 fully saturated rings. The highest BCUT2D eigenvalue weighted by molar-refractivity contribution is 7.26. The van der Waals surface area contributed by atoms with Crippen molar-refractivity contribution in [3.8, 4) is 106 Å². The number of furan rings is 5. The predicted molar refractivity (Wildman–Crippen MR) is 580 cm³/mol. The van der Waals surface area contributed by atoms with E-state index in [1.807, 2.05) is 23.5 Å². The zero-order valence-electron chi connectivity index (χ0n) is 74.9. The first-order valence-electron chi connectivity index (χ1n) is 47.1. The quantitative estimate of drug-likeness (QED) is 0.129. The summed E-state index contributed by atoms with van der Waals surface area (Å²) in [6, 6.07) is 170. The average Bonchev–Trinajstić information content (AvgIpc) is 1.56. The third-order valence-electron chi connectivity index (χ3n) is 28.0. The summed E-state index contributed by atoms with van der Waals surface area (Å²) < 4.78 is 42.9. The van der Waals surface area contributed by atoms with Crippen LogP contribution in [0.15, 0.2) is 501 Å². The fourth-order valence-electron chi connectivity index (χ4n) is 21.7. The van der Waals surface area contributed by atoms with Crippen LogP contribution in [0.25, 0.3) is 280 Å². The van der Waals surface area contributed by atoms with Crippen LogP contribution in [0.2, 0.25) is 0 Å². The zero-order chi connectivity index (χ0) is 91.3. The summed E-state index contributed by atoms with van der Waals surface area (Å²) in [5.41, 5.74) is 37.6. The van der Waals surface area contributed by atoms with Crippen LogP contribution in [0.1, 0.15) is 0 Å². The Labute approximate surface area is 800 Å². The summed E-state index contributed by atoms with van der Waals surface area (Å²) in [5, 5.41) is 16.3. The normalized spacial score (nSPS) is 11.9. The van der Waals surface area contributed by atoms with Gasteiger partial charge < -0.3 is 35.8 Å². The van der Waals surface area contributed by atoms with E-state index in [2.05, 4.69) is 481 Å². The fraction of sp³-hybridized carbons (Fsp3) is 0. The zero-order valence-corrected chi connectivity index (χ0v) is 75.7. The molecule has 0 aliphatic heterocycles. The average molecular weight is 1800 g/mol. The second-order valence-electron chi connectivity index (χ2n) is 35.9. The van der Waals surface area contributed by atoms with Crippen LogP contribution in [0, 0.1) is 0 Å². The lowest BCUT2D eigenvalue weighted by Gasteiger charge is -2.10. The molecular formula is C130H79N3O5S. The van der Waals surface area contributed by atoms with E-state index >= 15 is 0 Å². The molecule has 0 amide bonds. The molecule has 0 aliphatic carbocycles. The maximum absolute atomic E-state index is 6.83. The molecule has 30 aromatic rings. The van der Waals surface area contributed by atoms with Gasteiger partial charge in [-0.05, 0) is 217 Å². The first-order valence-corrected chi connectivity index (χ1v) is 48.0. The lowest BCUT2D eigenvalue weighted by atomic mass is 9.96. The van der Waals surface area contributed by atoms with Crippen LogP contribution in [0.3, 0.4) is 0 Å². The third kappa shape index (κ3) is 13.0. The molecule has 139 heavy (non-hydrogen) atoms. The first-order chi connectivity index (χ1) is 68.9. The Balaban J connectivity index is 0.000000103. The number of hydrogen-bond acceptors (Lipinski definition) is 6. The maximum Gasteiger partial charge on any atom is 0.161 e. The lowest BCUT2D eigenvalue weighted by Crippen LogP contribution is -1.93. The lowest BCUT2D eigenvalue weighted by molar-refractivity contribution is 0.669. The van der Waals surface area contributed by atoms with Crippen molar-refractivity contribution in [2.45, 2.75) is 0 Å². The molecule has 0 saturated carbocycles. The smallest absolute Gasteiger partial charge is 0.161 e. The van der Waals surface area contributed by atoms with Gasteiger partial charge in [-0.1, -0.05) is 340 Å². The minimum atomic E-state index is 0.886. The molecule has 0 spiro atoms. The highest BCUT2D eigenvalue weighted by atomic mass is 32.1. The molecule has 9 heterocycles. The van der Waals surface area contributed by atoms with Crippen molar-refractivity contribution in [1.29, 1.82) is 0 Å². The van der Waals surface area contributed by atoms with E-state index in [9.17, 15) is 0 Å². The molecule has 0 bridgehead atoms. The van der Waals surface area contributed by atoms with E-state index in [1.165, 1.54) is 75.3 Å². The van der Waals surface area contributed by atoms with Gasteiger partial charge in [0.25, 0.3) is 0 Å². The van der Waals surface area contributed by atoms with E-state index in [0.717, 1.165) is 205 Å². The number of rotatable bonds is 11. The van der Waals surface area contributed by atoms with Crippen LogP contribution in [0.4, 0.5) is 0 Å². The van der Waals surface area contributed by atoms with Crippen LogP contribution >= 0.6 is 11.3 Å². The van der Waals surface area contributed by atoms with Gasteiger partial charge in [-0.3, -0.25) is 0 Å². The molecule has 0 saturated heterocycles. The molecule has 0 atom stereocenters. The van der Waals surface area contributed by atoms with Crippen molar-refractivity contribution < 1.29 is 22.1 Å². The Hall–Kier alpha value is -18.3. The number of para-hydroxylation sites is 10. The molecule has 9 heteroatoms. The van der Waals surface area contributed by atoms with E-state index in [1.54, 1.807) is 0 Å². The van der Waals surface area contributed by atoms with E-state index < -0.39 is 0 Å². The minimum absolute atomic E-state index is 0.886. The number of thiophene rings is 1. The molecule has 8 nitrogen and oxygen atoms in total. The summed E-state index contributed by atoms with van der Waals surface area (Å²) in [7, 11) is 0. The second kappa shape index (κ2) is 32.3. The van der Waals surface area contributed by atoms with Gasteiger partial charge in [0, 0.05) is 109 Å². The molecule has 0 aliphatic rings. The Kier molecular flexibility index (Phi) is 18.4. The number of aromatic nitrogens is 3. The summed E-state index contributed by atoms with van der Waals surface area (Å²) >= 11 is 1.89. The van der Waals surface area contributed by atoms with Crippen LogP contribution in [0.5, 0.6) is 0 Å². The van der Waals surface area contributed by atoms with Gasteiger partial charge in [-0.15, -0.1) is 11.3 Å². The molecular weight excluding hydrogens is 1720 g/mol. The standard InChI is InChI=1S/2C44H27NO2.C42H25NOS/c1-3-13-28(14-4-1)32-20-10-23-35-36-24-11-21-33(42(36)46-41(32)35)29-15-9-16-30(27-29)34-22-12-25-38-40-44(47-43(34)38)37-19-7-8-26-39(37)45(40)31-17-5-2-6-18-31;1-3-11-28(12-4-1)30-21-23-35-36-24-22-31(27-41(36)46-40(35)26-30)29-13-9-14-32(25-29)34-18-10-19-38-42-44(47-43(34)38)37-17-7-8-20-39(37)45(42)33-15-5-2-6-16-33;1-2-10-30(11-3-1)43-35-15-7-6-13-33(35)42-41(43)40-32(14-8-16-38(40)45-42)28-19-17-26(18-20-28)29-21-23-34-37(25-29)44-36-24-22-27-9-4-5-12-31(27)39(34)36/h2*1-27H;1-25H. The van der Waals surface area contributed by atoms with Gasteiger partial charge in [-0.2, -0.15) is 0 Å². The molecule has 9 aromatic heterocycles. The van der Waals surface area contributed by atoms with Crippen molar-refractivity contribution in [2.24, 2.45) is 0 Å². The molecule has 0 N–H and O–H groups in total. The maximum atomic E-state index is 6.83. The van der Waals surface area contributed by atoms with Crippen molar-refractivity contribution in [3.63, 3.8) is 0 Å². The van der Waals surface area contributed by atoms with Crippen molar-refractivity contribution >= 4 is 185 Å². The van der Waals surface area contributed by atoms with Gasteiger partial charge in [0.15, 0.2) is 11.2 Å². The molecule has 0 radical (unpaired) electrons. The largest absolute Gasteiger partial charge is 0.456 e. The monoisotopic (exact) mass is 1790 g/mol. The number of hydrogen-bond donors (Lipinski definition) is 0. The highest BCUT2D eigenvalue weighted by Crippen LogP contribution is 2.51. The molecule has 30 rings (SSSR count). The minimum Gasteiger partial charge on any atom is -0.456 e. The number of nitrogens with zero attached hydrogens (tertiary/aromatic N) is 3. The summed E-state index contributed by atoms with van der Waals surface area (Å²) in [6.07, 6.45) is 0. The summed E-state index contributed by atoms with van der Waals surface area (Å²) in [6.45, 7) is 0. The van der Waals surface area contributed by atoms with Crippen molar-refractivity contribution in [3.05, 3.63) is 479 Å². The summed E-state index contributed by atoms with van der Waals surface area (Å²) in [5.74, 6) is 0. The van der Waals surface area contributed by atoms with Gasteiger partial charge >= 0.3 is 0 Å². The number of benzene rings is 21.